The molecule has 1 aliphatic carbocycles. The van der Waals surface area contributed by atoms with Gasteiger partial charge in [-0.05, 0) is 36.1 Å². The van der Waals surface area contributed by atoms with Crippen LogP contribution < -0.4 is 5.32 Å². The Morgan fingerprint density at radius 1 is 1.41 bits per heavy atom. The van der Waals surface area contributed by atoms with E-state index in [1.54, 1.807) is 0 Å². The van der Waals surface area contributed by atoms with E-state index >= 15 is 0 Å². The van der Waals surface area contributed by atoms with Gasteiger partial charge in [-0.15, -0.1) is 0 Å². The predicted molar refractivity (Wildman–Crippen MR) is 67.6 cm³/mol. The van der Waals surface area contributed by atoms with Gasteiger partial charge in [0.1, 0.15) is 17.7 Å². The zero-order chi connectivity index (χ0) is 12.3. The SMILES string of the molecule is N#CC(C#N)=CN[C@@H]1CCc2cc(Br)ccc21. The van der Waals surface area contributed by atoms with Crippen LogP contribution in [0.15, 0.2) is 34.4 Å². The molecule has 0 amide bonds. The molecule has 3 nitrogen and oxygen atoms in total. The molecule has 1 aliphatic rings. The lowest BCUT2D eigenvalue weighted by Crippen LogP contribution is -2.12. The number of aryl methyl sites for hydroxylation is 1. The molecule has 0 bridgehead atoms. The number of halogens is 1. The number of nitrogens with one attached hydrogen (secondary N) is 1. The molecule has 0 spiro atoms. The van der Waals surface area contributed by atoms with Crippen LogP contribution >= 0.6 is 15.9 Å². The standard InChI is InChI=1S/C13H10BrN3/c14-11-2-3-12-10(5-11)1-4-13(12)17-8-9(6-15)7-16/h2-3,5,8,13,17H,1,4H2/t13-/m1/s1. The topological polar surface area (TPSA) is 59.6 Å². The van der Waals surface area contributed by atoms with E-state index in [1.165, 1.54) is 17.3 Å². The number of rotatable bonds is 2. The average Bonchev–Trinajstić information content (AvgIpc) is 2.73. The molecule has 0 saturated heterocycles. The number of hydrogen-bond acceptors (Lipinski definition) is 3. The van der Waals surface area contributed by atoms with Crippen molar-refractivity contribution in [3.63, 3.8) is 0 Å². The molecule has 0 unspecified atom stereocenters. The monoisotopic (exact) mass is 287 g/mol. The summed E-state index contributed by atoms with van der Waals surface area (Å²) in [4.78, 5) is 0. The van der Waals surface area contributed by atoms with Gasteiger partial charge in [-0.25, -0.2) is 0 Å². The van der Waals surface area contributed by atoms with Crippen molar-refractivity contribution in [2.75, 3.05) is 0 Å². The van der Waals surface area contributed by atoms with Crippen LogP contribution in [0.4, 0.5) is 0 Å². The second kappa shape index (κ2) is 5.03. The van der Waals surface area contributed by atoms with Crippen LogP contribution in [0.3, 0.4) is 0 Å². The van der Waals surface area contributed by atoms with Crippen LogP contribution in [0.25, 0.3) is 0 Å². The largest absolute Gasteiger partial charge is 0.382 e. The number of nitriles is 2. The van der Waals surface area contributed by atoms with Crippen LogP contribution in [0.1, 0.15) is 23.6 Å². The van der Waals surface area contributed by atoms with Gasteiger partial charge in [-0.3, -0.25) is 0 Å². The van der Waals surface area contributed by atoms with Gasteiger partial charge < -0.3 is 5.32 Å². The Morgan fingerprint density at radius 3 is 2.88 bits per heavy atom. The highest BCUT2D eigenvalue weighted by Crippen LogP contribution is 2.32. The van der Waals surface area contributed by atoms with Gasteiger partial charge in [-0.2, -0.15) is 10.5 Å². The van der Waals surface area contributed by atoms with Crippen molar-refractivity contribution in [2.24, 2.45) is 0 Å². The lowest BCUT2D eigenvalue weighted by atomic mass is 10.1. The van der Waals surface area contributed by atoms with Gasteiger partial charge in [0.25, 0.3) is 0 Å². The van der Waals surface area contributed by atoms with Crippen molar-refractivity contribution in [3.05, 3.63) is 45.6 Å². The molecule has 0 heterocycles. The first-order chi connectivity index (χ1) is 8.24. The zero-order valence-corrected chi connectivity index (χ0v) is 10.7. The van der Waals surface area contributed by atoms with Gasteiger partial charge >= 0.3 is 0 Å². The average molecular weight is 288 g/mol. The second-order valence-corrected chi connectivity index (χ2v) is 4.80. The Morgan fingerprint density at radius 2 is 2.18 bits per heavy atom. The molecular formula is C13H10BrN3. The smallest absolute Gasteiger partial charge is 0.145 e. The summed E-state index contributed by atoms with van der Waals surface area (Å²) in [6.07, 6.45) is 3.52. The molecule has 0 saturated carbocycles. The number of nitrogens with zero attached hydrogens (tertiary/aromatic N) is 2. The fourth-order valence-corrected chi connectivity index (χ4v) is 2.44. The Balaban J connectivity index is 2.16. The number of fused-ring (bicyclic) bond motifs is 1. The van der Waals surface area contributed by atoms with Crippen molar-refractivity contribution < 1.29 is 0 Å². The van der Waals surface area contributed by atoms with Gasteiger partial charge in [0, 0.05) is 10.7 Å². The molecule has 0 radical (unpaired) electrons. The molecule has 1 N–H and O–H groups in total. The van der Waals surface area contributed by atoms with Gasteiger partial charge in [0.05, 0.1) is 6.04 Å². The zero-order valence-electron chi connectivity index (χ0n) is 9.07. The highest BCUT2D eigenvalue weighted by Gasteiger charge is 2.21. The summed E-state index contributed by atoms with van der Waals surface area (Å²) < 4.78 is 1.09. The van der Waals surface area contributed by atoms with Gasteiger partial charge in [0.2, 0.25) is 0 Å². The third-order valence-electron chi connectivity index (χ3n) is 2.85. The Labute approximate surface area is 108 Å². The van der Waals surface area contributed by atoms with Gasteiger partial charge in [0.15, 0.2) is 0 Å². The van der Waals surface area contributed by atoms with E-state index in [-0.39, 0.29) is 11.6 Å². The van der Waals surface area contributed by atoms with E-state index in [4.69, 9.17) is 10.5 Å². The van der Waals surface area contributed by atoms with E-state index in [0.29, 0.717) is 0 Å². The van der Waals surface area contributed by atoms with Crippen LogP contribution in [0.5, 0.6) is 0 Å². The fourth-order valence-electron chi connectivity index (χ4n) is 2.03. The summed E-state index contributed by atoms with van der Waals surface area (Å²) in [6, 6.07) is 10.1. The fraction of sp³-hybridized carbons (Fsp3) is 0.231. The third-order valence-corrected chi connectivity index (χ3v) is 3.35. The third kappa shape index (κ3) is 2.49. The molecule has 0 aliphatic heterocycles. The van der Waals surface area contributed by atoms with Crippen LogP contribution in [0, 0.1) is 22.7 Å². The number of hydrogen-bond donors (Lipinski definition) is 1. The summed E-state index contributed by atoms with van der Waals surface area (Å²) in [5.41, 5.74) is 2.68. The van der Waals surface area contributed by atoms with Crippen LogP contribution in [0.2, 0.25) is 0 Å². The minimum atomic E-state index is 0.107. The molecule has 0 aromatic heterocycles. The maximum Gasteiger partial charge on any atom is 0.145 e. The number of allylic oxidation sites excluding steroid dienone is 1. The summed E-state index contributed by atoms with van der Waals surface area (Å²) in [5, 5.41) is 20.4. The minimum Gasteiger partial charge on any atom is -0.382 e. The lowest BCUT2D eigenvalue weighted by molar-refractivity contribution is 0.616. The maximum atomic E-state index is 8.64. The summed E-state index contributed by atoms with van der Waals surface area (Å²) in [7, 11) is 0. The van der Waals surface area contributed by atoms with E-state index in [2.05, 4.69) is 33.4 Å². The molecule has 4 heteroatoms. The number of benzene rings is 1. The highest BCUT2D eigenvalue weighted by molar-refractivity contribution is 9.10. The first kappa shape index (κ1) is 11.7. The Bertz CT molecular complexity index is 533. The van der Waals surface area contributed by atoms with Crippen molar-refractivity contribution in [3.8, 4) is 12.1 Å². The molecule has 1 aromatic rings. The molecular weight excluding hydrogens is 278 g/mol. The molecule has 0 fully saturated rings. The minimum absolute atomic E-state index is 0.107. The molecule has 2 rings (SSSR count). The van der Waals surface area contributed by atoms with E-state index < -0.39 is 0 Å². The maximum absolute atomic E-state index is 8.64. The van der Waals surface area contributed by atoms with E-state index in [0.717, 1.165) is 17.3 Å². The normalized spacial score (nSPS) is 16.5. The van der Waals surface area contributed by atoms with Crippen molar-refractivity contribution in [1.82, 2.24) is 5.32 Å². The summed E-state index contributed by atoms with van der Waals surface area (Å²) in [6.45, 7) is 0. The van der Waals surface area contributed by atoms with Crippen molar-refractivity contribution in [2.45, 2.75) is 18.9 Å². The van der Waals surface area contributed by atoms with Crippen molar-refractivity contribution in [1.29, 1.82) is 10.5 Å². The Hall–Kier alpha value is -1.78. The van der Waals surface area contributed by atoms with Gasteiger partial charge in [-0.1, -0.05) is 22.0 Å². The summed E-state index contributed by atoms with van der Waals surface area (Å²) >= 11 is 3.45. The van der Waals surface area contributed by atoms with Crippen LogP contribution in [-0.4, -0.2) is 0 Å². The molecule has 1 atom stereocenters. The second-order valence-electron chi connectivity index (χ2n) is 3.88. The van der Waals surface area contributed by atoms with Crippen LogP contribution in [-0.2, 0) is 6.42 Å². The Kier molecular flexibility index (Phi) is 3.46. The molecule has 1 aromatic carbocycles. The lowest BCUT2D eigenvalue weighted by Gasteiger charge is -2.11. The first-order valence-corrected chi connectivity index (χ1v) is 6.08. The predicted octanol–water partition coefficient (Wildman–Crippen LogP) is 2.96. The summed E-state index contributed by atoms with van der Waals surface area (Å²) in [5.74, 6) is 0. The highest BCUT2D eigenvalue weighted by atomic mass is 79.9. The molecule has 17 heavy (non-hydrogen) atoms. The van der Waals surface area contributed by atoms with Crippen molar-refractivity contribution >= 4 is 15.9 Å². The quantitative estimate of drug-likeness (QED) is 0.851. The van der Waals surface area contributed by atoms with E-state index in [9.17, 15) is 0 Å². The molecule has 84 valence electrons. The first-order valence-electron chi connectivity index (χ1n) is 5.29. The van der Waals surface area contributed by atoms with E-state index in [1.807, 2.05) is 18.2 Å².